The fourth-order valence-corrected chi connectivity index (χ4v) is 4.66. The fourth-order valence-electron chi connectivity index (χ4n) is 4.66. The Morgan fingerprint density at radius 3 is 2.48 bits per heavy atom. The molecule has 4 N–H and O–H groups in total. The van der Waals surface area contributed by atoms with Crippen LogP contribution in [0.15, 0.2) is 97.3 Å². The first-order valence-electron chi connectivity index (χ1n) is 13.9. The van der Waals surface area contributed by atoms with Crippen LogP contribution in [0.25, 0.3) is 0 Å². The number of anilines is 4. The van der Waals surface area contributed by atoms with Crippen LogP contribution in [0.5, 0.6) is 11.5 Å². The van der Waals surface area contributed by atoms with Crippen molar-refractivity contribution in [3.8, 4) is 11.5 Å². The van der Waals surface area contributed by atoms with Gasteiger partial charge in [-0.1, -0.05) is 36.8 Å². The third kappa shape index (κ3) is 6.82. The molecule has 1 aliphatic rings. The monoisotopic (exact) mass is 561 g/mol. The van der Waals surface area contributed by atoms with Gasteiger partial charge in [-0.3, -0.25) is 15.1 Å². The number of hydrogen-bond donors (Lipinski definition) is 3. The van der Waals surface area contributed by atoms with Gasteiger partial charge in [0.25, 0.3) is 0 Å². The van der Waals surface area contributed by atoms with Crippen molar-refractivity contribution < 1.29 is 9.53 Å². The molecule has 214 valence electrons. The number of aromatic nitrogens is 2. The maximum absolute atomic E-state index is 12.8. The van der Waals surface area contributed by atoms with Crippen molar-refractivity contribution in [2.75, 3.05) is 36.6 Å². The van der Waals surface area contributed by atoms with Crippen LogP contribution in [0.3, 0.4) is 0 Å². The molecule has 0 aliphatic heterocycles. The van der Waals surface area contributed by atoms with Crippen molar-refractivity contribution in [1.82, 2.24) is 14.9 Å². The predicted octanol–water partition coefficient (Wildman–Crippen LogP) is 6.01. The molecule has 0 unspecified atom stereocenters. The maximum atomic E-state index is 12.8. The number of nitrogens with two attached hydrogens (primary N) is 1. The third-order valence-corrected chi connectivity index (χ3v) is 7.43. The SMILES string of the molecule is CN(C(=O)/C=C/CN(C)C1CCC1)c1cccc(Nc2ncnc(N)c2C(=N)c2ccc(Oc3ccccc3)cc2)c1. The topological polar surface area (TPSA) is 120 Å². The van der Waals surface area contributed by atoms with Crippen LogP contribution in [0, 0.1) is 5.41 Å². The summed E-state index contributed by atoms with van der Waals surface area (Å²) in [4.78, 5) is 25.2. The molecule has 1 amide bonds. The van der Waals surface area contributed by atoms with Crippen LogP contribution in [0.2, 0.25) is 0 Å². The number of amides is 1. The molecule has 42 heavy (non-hydrogen) atoms. The van der Waals surface area contributed by atoms with Crippen molar-refractivity contribution in [3.63, 3.8) is 0 Å². The lowest BCUT2D eigenvalue weighted by molar-refractivity contribution is -0.113. The highest BCUT2D eigenvalue weighted by Gasteiger charge is 2.21. The molecule has 0 bridgehead atoms. The van der Waals surface area contributed by atoms with E-state index in [9.17, 15) is 4.79 Å². The Balaban J connectivity index is 1.28. The fraction of sp³-hybridized carbons (Fsp3) is 0.212. The van der Waals surface area contributed by atoms with Gasteiger partial charge in [0.1, 0.15) is 29.5 Å². The van der Waals surface area contributed by atoms with Crippen LogP contribution in [-0.2, 0) is 4.79 Å². The lowest BCUT2D eigenvalue weighted by Gasteiger charge is -2.33. The van der Waals surface area contributed by atoms with Gasteiger partial charge in [0.15, 0.2) is 0 Å². The second kappa shape index (κ2) is 13.1. The minimum absolute atomic E-state index is 0.109. The van der Waals surface area contributed by atoms with Gasteiger partial charge in [-0.15, -0.1) is 0 Å². The van der Waals surface area contributed by atoms with Crippen LogP contribution in [0.4, 0.5) is 23.0 Å². The number of likely N-dealkylation sites (N-methyl/N-ethyl adjacent to an activating group) is 2. The van der Waals surface area contributed by atoms with Gasteiger partial charge in [0.2, 0.25) is 5.91 Å². The Kier molecular flexibility index (Phi) is 8.89. The average molecular weight is 562 g/mol. The molecule has 0 saturated heterocycles. The van der Waals surface area contributed by atoms with E-state index in [1.165, 1.54) is 25.6 Å². The second-order valence-electron chi connectivity index (χ2n) is 10.3. The van der Waals surface area contributed by atoms with Crippen molar-refractivity contribution in [1.29, 1.82) is 5.41 Å². The van der Waals surface area contributed by atoms with Gasteiger partial charge in [-0.05, 0) is 74.5 Å². The number of nitrogens with one attached hydrogen (secondary N) is 2. The van der Waals surface area contributed by atoms with Gasteiger partial charge >= 0.3 is 0 Å². The Morgan fingerprint density at radius 2 is 1.76 bits per heavy atom. The minimum atomic E-state index is -0.109. The zero-order chi connectivity index (χ0) is 29.5. The van der Waals surface area contributed by atoms with E-state index in [2.05, 4.69) is 27.2 Å². The molecule has 9 heteroatoms. The van der Waals surface area contributed by atoms with Crippen LogP contribution < -0.4 is 20.7 Å². The van der Waals surface area contributed by atoms with Crippen LogP contribution in [-0.4, -0.2) is 53.2 Å². The molecule has 0 spiro atoms. The highest BCUT2D eigenvalue weighted by molar-refractivity contribution is 6.16. The number of nitrogens with zero attached hydrogens (tertiary/aromatic N) is 4. The highest BCUT2D eigenvalue weighted by atomic mass is 16.5. The number of carbonyl (C=O) groups is 1. The molecular formula is C33H35N7O2. The highest BCUT2D eigenvalue weighted by Crippen LogP contribution is 2.28. The van der Waals surface area contributed by atoms with Crippen LogP contribution in [0.1, 0.15) is 30.4 Å². The first kappa shape index (κ1) is 28.5. The van der Waals surface area contributed by atoms with Gasteiger partial charge in [0, 0.05) is 42.6 Å². The molecule has 5 rings (SSSR count). The summed E-state index contributed by atoms with van der Waals surface area (Å²) in [5.74, 6) is 1.85. The molecule has 1 saturated carbocycles. The standard InChI is InChI=1S/C33H35N7O2/c1-39(25-10-7-11-25)20-8-15-29(41)40(2)26-12-6-9-24(21-26)38-33-30(32(35)36-22-37-33)31(34)23-16-18-28(19-17-23)42-27-13-4-3-5-14-27/h3-6,8-9,12-19,21-22,25,34H,7,10-11,20H2,1-2H3,(H3,35,36,37,38)/b15-8+,34-31?. The molecule has 1 aromatic heterocycles. The second-order valence-corrected chi connectivity index (χ2v) is 10.3. The van der Waals surface area contributed by atoms with Gasteiger partial charge < -0.3 is 20.7 Å². The van der Waals surface area contributed by atoms with Gasteiger partial charge in [0.05, 0.1) is 11.3 Å². The number of benzene rings is 3. The van der Waals surface area contributed by atoms with Crippen LogP contribution >= 0.6 is 0 Å². The first-order chi connectivity index (χ1) is 20.4. The Hall–Kier alpha value is -5.02. The lowest BCUT2D eigenvalue weighted by atomic mass is 9.92. The average Bonchev–Trinajstić information content (AvgIpc) is 2.97. The van der Waals surface area contributed by atoms with E-state index < -0.39 is 0 Å². The summed E-state index contributed by atoms with van der Waals surface area (Å²) in [6.07, 6.45) is 8.64. The van der Waals surface area contributed by atoms with Crippen molar-refractivity contribution >= 4 is 34.6 Å². The predicted molar refractivity (Wildman–Crippen MR) is 168 cm³/mol. The van der Waals surface area contributed by atoms with E-state index in [-0.39, 0.29) is 17.4 Å². The van der Waals surface area contributed by atoms with Crippen molar-refractivity contribution in [2.45, 2.75) is 25.3 Å². The summed E-state index contributed by atoms with van der Waals surface area (Å²) in [5, 5.41) is 12.2. The number of hydrogen-bond acceptors (Lipinski definition) is 8. The summed E-state index contributed by atoms with van der Waals surface area (Å²) in [6, 6.07) is 24.8. The largest absolute Gasteiger partial charge is 0.457 e. The molecule has 4 aromatic rings. The Morgan fingerprint density at radius 1 is 1.02 bits per heavy atom. The zero-order valence-electron chi connectivity index (χ0n) is 23.8. The number of para-hydroxylation sites is 1. The van der Waals surface area contributed by atoms with E-state index in [0.29, 0.717) is 34.4 Å². The molecule has 3 aromatic carbocycles. The number of carbonyl (C=O) groups excluding carboxylic acids is 1. The van der Waals surface area contributed by atoms with Crippen molar-refractivity contribution in [3.05, 3.63) is 108 Å². The first-order valence-corrected chi connectivity index (χ1v) is 13.9. The number of nitrogen functional groups attached to an aromatic ring is 1. The normalized spacial score (nSPS) is 13.1. The molecule has 0 radical (unpaired) electrons. The lowest BCUT2D eigenvalue weighted by Crippen LogP contribution is -2.37. The van der Waals surface area contributed by atoms with E-state index in [1.54, 1.807) is 42.3 Å². The smallest absolute Gasteiger partial charge is 0.250 e. The Labute approximate surface area is 246 Å². The van der Waals surface area contributed by atoms with Gasteiger partial charge in [-0.25, -0.2) is 9.97 Å². The van der Waals surface area contributed by atoms with Crippen molar-refractivity contribution in [2.24, 2.45) is 0 Å². The summed E-state index contributed by atoms with van der Waals surface area (Å²) in [5.41, 5.74) is 8.83. The summed E-state index contributed by atoms with van der Waals surface area (Å²) in [6.45, 7) is 0.748. The summed E-state index contributed by atoms with van der Waals surface area (Å²) < 4.78 is 5.87. The van der Waals surface area contributed by atoms with Gasteiger partial charge in [-0.2, -0.15) is 0 Å². The quantitative estimate of drug-likeness (QED) is 0.151. The molecule has 1 fully saturated rings. The van der Waals surface area contributed by atoms with E-state index in [4.69, 9.17) is 15.9 Å². The van der Waals surface area contributed by atoms with E-state index >= 15 is 0 Å². The van der Waals surface area contributed by atoms with E-state index in [1.807, 2.05) is 60.7 Å². The number of ether oxygens (including phenoxy) is 1. The Bertz CT molecular complexity index is 1570. The molecule has 9 nitrogen and oxygen atoms in total. The summed E-state index contributed by atoms with van der Waals surface area (Å²) >= 11 is 0. The van der Waals surface area contributed by atoms with E-state index in [0.717, 1.165) is 18.0 Å². The molecule has 1 aliphatic carbocycles. The maximum Gasteiger partial charge on any atom is 0.250 e. The third-order valence-electron chi connectivity index (χ3n) is 7.43. The molecule has 0 atom stereocenters. The molecule has 1 heterocycles. The zero-order valence-corrected chi connectivity index (χ0v) is 23.8. The molecular weight excluding hydrogens is 526 g/mol. The minimum Gasteiger partial charge on any atom is -0.457 e. The number of rotatable bonds is 11. The summed E-state index contributed by atoms with van der Waals surface area (Å²) in [7, 11) is 3.84.